The van der Waals surface area contributed by atoms with Gasteiger partial charge in [-0.15, -0.1) is 11.3 Å². The van der Waals surface area contributed by atoms with Gasteiger partial charge >= 0.3 is 0 Å². The van der Waals surface area contributed by atoms with Crippen molar-refractivity contribution in [1.29, 1.82) is 0 Å². The maximum absolute atomic E-state index is 12.9. The van der Waals surface area contributed by atoms with E-state index >= 15 is 0 Å². The van der Waals surface area contributed by atoms with Gasteiger partial charge in [0.2, 0.25) is 0 Å². The molecule has 3 aliphatic heterocycles. The Morgan fingerprint density at radius 1 is 1.27 bits per heavy atom. The second kappa shape index (κ2) is 6.04. The maximum Gasteiger partial charge on any atom is 0.261 e. The van der Waals surface area contributed by atoms with Crippen LogP contribution in [0.1, 0.15) is 36.4 Å². The van der Waals surface area contributed by atoms with Crippen LogP contribution < -0.4 is 5.32 Å². The molecule has 3 aliphatic rings. The Bertz CT molecular complexity index is 970. The first-order valence-corrected chi connectivity index (χ1v) is 11.7. The normalized spacial score (nSPS) is 27.6. The van der Waals surface area contributed by atoms with Crippen LogP contribution in [-0.4, -0.2) is 50.2 Å². The summed E-state index contributed by atoms with van der Waals surface area (Å²) in [5, 5.41) is 4.06. The van der Waals surface area contributed by atoms with Crippen LogP contribution in [0.2, 0.25) is 0 Å². The second-order valence-electron chi connectivity index (χ2n) is 7.99. The number of fused-ring (bicyclic) bond motifs is 4. The van der Waals surface area contributed by atoms with E-state index in [1.54, 1.807) is 18.2 Å². The largest absolute Gasteiger partial charge is 0.346 e. The number of nitrogens with zero attached hydrogens (tertiary/aromatic N) is 1. The molecule has 2 bridgehead atoms. The summed E-state index contributed by atoms with van der Waals surface area (Å²) in [5.41, 5.74) is -0.0502. The molecule has 3 fully saturated rings. The van der Waals surface area contributed by atoms with E-state index < -0.39 is 9.84 Å². The molecular weight excluding hydrogens is 368 g/mol. The highest BCUT2D eigenvalue weighted by molar-refractivity contribution is 7.91. The number of benzene rings is 1. The fourth-order valence-electron chi connectivity index (χ4n) is 4.53. The van der Waals surface area contributed by atoms with Gasteiger partial charge in [0.25, 0.3) is 5.91 Å². The third-order valence-electron chi connectivity index (χ3n) is 6.00. The monoisotopic (exact) mass is 392 g/mol. The van der Waals surface area contributed by atoms with E-state index in [2.05, 4.69) is 24.1 Å². The number of hydrogen-bond donors (Lipinski definition) is 1. The zero-order valence-corrected chi connectivity index (χ0v) is 16.9. The van der Waals surface area contributed by atoms with E-state index in [1.165, 1.54) is 17.6 Å². The summed E-state index contributed by atoms with van der Waals surface area (Å²) in [6.07, 6.45) is 3.45. The molecule has 1 amide bonds. The molecule has 1 unspecified atom stereocenters. The third kappa shape index (κ3) is 2.86. The quantitative estimate of drug-likeness (QED) is 0.872. The predicted molar refractivity (Wildman–Crippen MR) is 105 cm³/mol. The molecule has 0 aliphatic carbocycles. The molecule has 1 N–H and O–H groups in total. The van der Waals surface area contributed by atoms with Crippen molar-refractivity contribution >= 4 is 37.2 Å². The average molecular weight is 393 g/mol. The minimum atomic E-state index is -3.32. The summed E-state index contributed by atoms with van der Waals surface area (Å²) in [4.78, 5) is 16.3. The van der Waals surface area contributed by atoms with Crippen molar-refractivity contribution < 1.29 is 13.2 Å². The topological polar surface area (TPSA) is 66.5 Å². The molecule has 2 aromatic rings. The molecule has 1 aromatic heterocycles. The summed E-state index contributed by atoms with van der Waals surface area (Å²) in [6, 6.07) is 7.11. The first kappa shape index (κ1) is 17.9. The number of nitrogens with one attached hydrogen (secondary N) is 1. The molecule has 0 radical (unpaired) electrons. The van der Waals surface area contributed by atoms with Gasteiger partial charge in [-0.3, -0.25) is 9.69 Å². The van der Waals surface area contributed by atoms with Crippen molar-refractivity contribution in [2.45, 2.75) is 43.2 Å². The molecule has 140 valence electrons. The van der Waals surface area contributed by atoms with Gasteiger partial charge in [0.1, 0.15) is 0 Å². The molecular formula is C19H24N2O3S2. The van der Waals surface area contributed by atoms with Gasteiger partial charge in [0, 0.05) is 17.8 Å². The molecule has 5 rings (SSSR count). The Morgan fingerprint density at radius 3 is 2.58 bits per heavy atom. The van der Waals surface area contributed by atoms with Crippen LogP contribution in [0.5, 0.6) is 0 Å². The van der Waals surface area contributed by atoms with Crippen LogP contribution in [-0.2, 0) is 9.84 Å². The fraction of sp³-hybridized carbons (Fsp3) is 0.526. The van der Waals surface area contributed by atoms with E-state index in [9.17, 15) is 13.2 Å². The Labute approximate surface area is 158 Å². The number of carbonyl (C=O) groups is 1. The van der Waals surface area contributed by atoms with Crippen molar-refractivity contribution in [1.82, 2.24) is 10.2 Å². The van der Waals surface area contributed by atoms with Gasteiger partial charge < -0.3 is 5.32 Å². The summed E-state index contributed by atoms with van der Waals surface area (Å²) in [5.74, 6) is 0.414. The first-order chi connectivity index (χ1) is 12.2. The number of amides is 1. The lowest BCUT2D eigenvalue weighted by Gasteiger charge is -2.56. The zero-order valence-electron chi connectivity index (χ0n) is 15.3. The lowest BCUT2D eigenvalue weighted by molar-refractivity contribution is -0.0377. The van der Waals surface area contributed by atoms with E-state index in [0.717, 1.165) is 31.3 Å². The minimum Gasteiger partial charge on any atom is -0.346 e. The van der Waals surface area contributed by atoms with Crippen molar-refractivity contribution in [2.24, 2.45) is 5.92 Å². The number of sulfone groups is 1. The Hall–Kier alpha value is -1.44. The molecule has 1 aromatic carbocycles. The summed E-state index contributed by atoms with van der Waals surface area (Å²) >= 11 is 1.26. The standard InChI is InChI=1S/C19H24N2O3S2/c1-19(2)17(12-7-9-21(19)10-8-12)20-18(22)14-11-13-5-4-6-15(16(13)25-14)26(3,23)24/h4-6,11-12,17H,7-10H2,1-3H3,(H,20,22). The van der Waals surface area contributed by atoms with Gasteiger partial charge in [-0.05, 0) is 63.2 Å². The smallest absolute Gasteiger partial charge is 0.261 e. The molecule has 7 heteroatoms. The number of thiophene rings is 1. The Morgan fingerprint density at radius 2 is 1.96 bits per heavy atom. The van der Waals surface area contributed by atoms with Crippen LogP contribution in [0.3, 0.4) is 0 Å². The third-order valence-corrected chi connectivity index (χ3v) is 8.46. The minimum absolute atomic E-state index is 0.0502. The van der Waals surface area contributed by atoms with Crippen LogP contribution in [0.4, 0.5) is 0 Å². The van der Waals surface area contributed by atoms with Crippen molar-refractivity contribution in [2.75, 3.05) is 19.3 Å². The Kier molecular flexibility index (Phi) is 4.17. The molecule has 5 nitrogen and oxygen atoms in total. The predicted octanol–water partition coefficient (Wildman–Crippen LogP) is 2.91. The van der Waals surface area contributed by atoms with Gasteiger partial charge in [-0.1, -0.05) is 12.1 Å². The lowest BCUT2D eigenvalue weighted by atomic mass is 9.72. The van der Waals surface area contributed by atoms with Crippen molar-refractivity contribution in [3.8, 4) is 0 Å². The Balaban J connectivity index is 1.65. The average Bonchev–Trinajstić information content (AvgIpc) is 3.01. The van der Waals surface area contributed by atoms with E-state index in [-0.39, 0.29) is 17.5 Å². The lowest BCUT2D eigenvalue weighted by Crippen LogP contribution is -2.69. The molecule has 0 saturated carbocycles. The van der Waals surface area contributed by atoms with E-state index in [4.69, 9.17) is 0 Å². The maximum atomic E-state index is 12.9. The highest BCUT2D eigenvalue weighted by Crippen LogP contribution is 2.39. The van der Waals surface area contributed by atoms with Crippen LogP contribution in [0.15, 0.2) is 29.2 Å². The zero-order chi connectivity index (χ0) is 18.7. The fourth-order valence-corrected chi connectivity index (χ4v) is 6.86. The van der Waals surface area contributed by atoms with Crippen LogP contribution in [0.25, 0.3) is 10.1 Å². The number of rotatable bonds is 3. The van der Waals surface area contributed by atoms with Crippen molar-refractivity contribution in [3.63, 3.8) is 0 Å². The summed E-state index contributed by atoms with van der Waals surface area (Å²) in [6.45, 7) is 6.61. The number of carbonyl (C=O) groups excluding carboxylic acids is 1. The van der Waals surface area contributed by atoms with Crippen LogP contribution >= 0.6 is 11.3 Å². The first-order valence-electron chi connectivity index (χ1n) is 8.96. The van der Waals surface area contributed by atoms with E-state index in [0.29, 0.717) is 20.4 Å². The molecule has 3 saturated heterocycles. The highest BCUT2D eigenvalue weighted by atomic mass is 32.2. The van der Waals surface area contributed by atoms with Crippen molar-refractivity contribution in [3.05, 3.63) is 29.1 Å². The molecule has 0 spiro atoms. The molecule has 1 atom stereocenters. The SMILES string of the molecule is CC1(C)C(NC(=O)c2cc3cccc(S(C)(=O)=O)c3s2)C2CCN1CC2. The van der Waals surface area contributed by atoms with Gasteiger partial charge in [0.05, 0.1) is 14.5 Å². The van der Waals surface area contributed by atoms with E-state index in [1.807, 2.05) is 6.07 Å². The van der Waals surface area contributed by atoms with Crippen LogP contribution in [0, 0.1) is 5.92 Å². The van der Waals surface area contributed by atoms with Gasteiger partial charge in [-0.2, -0.15) is 0 Å². The second-order valence-corrected chi connectivity index (χ2v) is 11.0. The summed E-state index contributed by atoms with van der Waals surface area (Å²) < 4.78 is 24.7. The summed E-state index contributed by atoms with van der Waals surface area (Å²) in [7, 11) is -3.32. The highest BCUT2D eigenvalue weighted by Gasteiger charge is 2.48. The van der Waals surface area contributed by atoms with Gasteiger partial charge in [-0.25, -0.2) is 8.42 Å². The number of piperidine rings is 3. The molecule has 4 heterocycles. The van der Waals surface area contributed by atoms with Gasteiger partial charge in [0.15, 0.2) is 9.84 Å². The number of hydrogen-bond acceptors (Lipinski definition) is 5. The molecule has 26 heavy (non-hydrogen) atoms.